The van der Waals surface area contributed by atoms with E-state index in [9.17, 15) is 14.0 Å². The second-order valence-electron chi connectivity index (χ2n) is 5.82. The summed E-state index contributed by atoms with van der Waals surface area (Å²) in [6.07, 6.45) is 1.44. The van der Waals surface area contributed by atoms with Gasteiger partial charge < -0.3 is 10.6 Å². The minimum atomic E-state index is -0.560. The molecule has 0 unspecified atom stereocenters. The molecule has 8 heteroatoms. The van der Waals surface area contributed by atoms with Crippen LogP contribution in [-0.4, -0.2) is 16.8 Å². The highest BCUT2D eigenvalue weighted by atomic mass is 35.5. The fourth-order valence-corrected chi connectivity index (χ4v) is 2.92. The van der Waals surface area contributed by atoms with E-state index in [1.165, 1.54) is 24.4 Å². The maximum absolute atomic E-state index is 13.7. The van der Waals surface area contributed by atoms with Crippen molar-refractivity contribution >= 4 is 46.4 Å². The van der Waals surface area contributed by atoms with Crippen LogP contribution in [0.25, 0.3) is 0 Å². The van der Waals surface area contributed by atoms with Crippen LogP contribution in [0.3, 0.4) is 0 Å². The van der Waals surface area contributed by atoms with Crippen molar-refractivity contribution in [2.24, 2.45) is 0 Å². The molecule has 0 aliphatic rings. The van der Waals surface area contributed by atoms with Gasteiger partial charge in [0.15, 0.2) is 0 Å². The molecule has 142 valence electrons. The lowest BCUT2D eigenvalue weighted by Crippen LogP contribution is -2.19. The smallest absolute Gasteiger partial charge is 0.274 e. The molecule has 28 heavy (non-hydrogen) atoms. The zero-order valence-electron chi connectivity index (χ0n) is 14.4. The van der Waals surface area contributed by atoms with Crippen molar-refractivity contribution in [1.82, 2.24) is 4.98 Å². The second-order valence-corrected chi connectivity index (χ2v) is 6.66. The van der Waals surface area contributed by atoms with Gasteiger partial charge >= 0.3 is 0 Å². The van der Waals surface area contributed by atoms with Crippen molar-refractivity contribution in [3.8, 4) is 0 Å². The normalized spacial score (nSPS) is 10.4. The lowest BCUT2D eigenvalue weighted by molar-refractivity contribution is -0.115. The first kappa shape index (κ1) is 19.8. The molecular weight excluding hydrogens is 404 g/mol. The summed E-state index contributed by atoms with van der Waals surface area (Å²) in [4.78, 5) is 28.6. The number of nitrogens with one attached hydrogen (secondary N) is 2. The number of benzene rings is 2. The van der Waals surface area contributed by atoms with Crippen molar-refractivity contribution < 1.29 is 14.0 Å². The number of hydrogen-bond donors (Lipinski definition) is 2. The number of anilines is 2. The summed E-state index contributed by atoms with van der Waals surface area (Å²) in [5, 5.41) is 6.02. The highest BCUT2D eigenvalue weighted by molar-refractivity contribution is 6.35. The van der Waals surface area contributed by atoms with Crippen LogP contribution in [-0.2, 0) is 11.2 Å². The Kier molecular flexibility index (Phi) is 6.23. The monoisotopic (exact) mass is 417 g/mol. The molecule has 1 heterocycles. The first-order valence-corrected chi connectivity index (χ1v) is 8.93. The Labute approximate surface area is 170 Å². The molecule has 2 N–H and O–H groups in total. The van der Waals surface area contributed by atoms with Crippen LogP contribution in [0.5, 0.6) is 0 Å². The van der Waals surface area contributed by atoms with Gasteiger partial charge in [-0.05, 0) is 48.0 Å². The standard InChI is InChI=1S/C20H14Cl2FN3O2/c21-13-5-4-12(15(22)10-13)9-19(27)25-18-11-14(23)6-7-16(18)26-20(28)17-3-1-2-8-24-17/h1-8,10-11H,9H2,(H,25,27)(H,26,28). The average molecular weight is 418 g/mol. The largest absolute Gasteiger partial charge is 0.324 e. The maximum Gasteiger partial charge on any atom is 0.274 e. The van der Waals surface area contributed by atoms with Crippen molar-refractivity contribution in [3.05, 3.63) is 87.9 Å². The molecule has 0 bridgehead atoms. The third kappa shape index (κ3) is 5.06. The Morgan fingerprint density at radius 2 is 1.79 bits per heavy atom. The quantitative estimate of drug-likeness (QED) is 0.615. The van der Waals surface area contributed by atoms with E-state index < -0.39 is 17.6 Å². The molecule has 0 atom stereocenters. The van der Waals surface area contributed by atoms with E-state index in [0.29, 0.717) is 15.6 Å². The van der Waals surface area contributed by atoms with Crippen LogP contribution in [0.4, 0.5) is 15.8 Å². The van der Waals surface area contributed by atoms with E-state index in [1.54, 1.807) is 30.3 Å². The highest BCUT2D eigenvalue weighted by Gasteiger charge is 2.14. The predicted octanol–water partition coefficient (Wildman–Crippen LogP) is 4.96. The van der Waals surface area contributed by atoms with Crippen molar-refractivity contribution in [3.63, 3.8) is 0 Å². The maximum atomic E-state index is 13.7. The topological polar surface area (TPSA) is 71.1 Å². The van der Waals surface area contributed by atoms with Gasteiger partial charge in [-0.15, -0.1) is 0 Å². The molecule has 1 aromatic heterocycles. The van der Waals surface area contributed by atoms with Crippen LogP contribution in [0.15, 0.2) is 60.8 Å². The number of carbonyl (C=O) groups excluding carboxylic acids is 2. The Hall–Kier alpha value is -2.96. The molecule has 0 saturated heterocycles. The summed E-state index contributed by atoms with van der Waals surface area (Å²) in [6.45, 7) is 0. The number of hydrogen-bond acceptors (Lipinski definition) is 3. The number of pyridine rings is 1. The van der Waals surface area contributed by atoms with E-state index in [0.717, 1.165) is 6.07 Å². The van der Waals surface area contributed by atoms with Gasteiger partial charge in [-0.3, -0.25) is 14.6 Å². The molecule has 3 rings (SSSR count). The van der Waals surface area contributed by atoms with Gasteiger partial charge in [-0.2, -0.15) is 0 Å². The molecule has 0 saturated carbocycles. The van der Waals surface area contributed by atoms with Crippen LogP contribution >= 0.6 is 23.2 Å². The molecule has 0 radical (unpaired) electrons. The van der Waals surface area contributed by atoms with E-state index in [-0.39, 0.29) is 23.5 Å². The first-order chi connectivity index (χ1) is 13.4. The van der Waals surface area contributed by atoms with Gasteiger partial charge in [-0.1, -0.05) is 35.3 Å². The summed E-state index contributed by atoms with van der Waals surface area (Å²) in [6, 6.07) is 13.4. The molecule has 0 spiro atoms. The number of aromatic nitrogens is 1. The lowest BCUT2D eigenvalue weighted by Gasteiger charge is -2.13. The first-order valence-electron chi connectivity index (χ1n) is 8.18. The summed E-state index contributed by atoms with van der Waals surface area (Å²) in [5.41, 5.74) is 1.13. The van der Waals surface area contributed by atoms with Crippen LogP contribution < -0.4 is 10.6 Å². The second kappa shape index (κ2) is 8.82. The zero-order valence-corrected chi connectivity index (χ0v) is 15.9. The Morgan fingerprint density at radius 1 is 0.964 bits per heavy atom. The SMILES string of the molecule is O=C(Cc1ccc(Cl)cc1Cl)Nc1cc(F)ccc1NC(=O)c1ccccn1. The van der Waals surface area contributed by atoms with Gasteiger partial charge in [-0.25, -0.2) is 4.39 Å². The molecule has 3 aromatic rings. The lowest BCUT2D eigenvalue weighted by atomic mass is 10.1. The van der Waals surface area contributed by atoms with Gasteiger partial charge in [0.25, 0.3) is 5.91 Å². The minimum Gasteiger partial charge on any atom is -0.324 e. The molecular formula is C20H14Cl2FN3O2. The average Bonchev–Trinajstić information content (AvgIpc) is 2.67. The van der Waals surface area contributed by atoms with Gasteiger partial charge in [0, 0.05) is 16.2 Å². The number of amides is 2. The van der Waals surface area contributed by atoms with E-state index >= 15 is 0 Å². The van der Waals surface area contributed by atoms with Crippen molar-refractivity contribution in [1.29, 1.82) is 0 Å². The summed E-state index contributed by atoms with van der Waals surface area (Å²) in [7, 11) is 0. The van der Waals surface area contributed by atoms with Crippen LogP contribution in [0.2, 0.25) is 10.0 Å². The number of carbonyl (C=O) groups is 2. The molecule has 0 aliphatic heterocycles. The number of nitrogens with zero attached hydrogens (tertiary/aromatic N) is 1. The van der Waals surface area contributed by atoms with E-state index in [2.05, 4.69) is 15.6 Å². The zero-order chi connectivity index (χ0) is 20.1. The highest BCUT2D eigenvalue weighted by Crippen LogP contribution is 2.25. The van der Waals surface area contributed by atoms with Gasteiger partial charge in [0.1, 0.15) is 11.5 Å². The van der Waals surface area contributed by atoms with Gasteiger partial charge in [0.2, 0.25) is 5.91 Å². The third-order valence-corrected chi connectivity index (χ3v) is 4.35. The minimum absolute atomic E-state index is 0.0415. The number of rotatable bonds is 5. The predicted molar refractivity (Wildman–Crippen MR) is 107 cm³/mol. The molecule has 5 nitrogen and oxygen atoms in total. The van der Waals surface area contributed by atoms with E-state index in [4.69, 9.17) is 23.2 Å². The molecule has 0 aliphatic carbocycles. The Balaban J connectivity index is 1.76. The summed E-state index contributed by atoms with van der Waals surface area (Å²) < 4.78 is 13.7. The van der Waals surface area contributed by atoms with Crippen LogP contribution in [0, 0.1) is 5.82 Å². The van der Waals surface area contributed by atoms with Crippen LogP contribution in [0.1, 0.15) is 16.1 Å². The number of halogens is 3. The fourth-order valence-electron chi connectivity index (χ4n) is 2.44. The molecule has 2 aromatic carbocycles. The summed E-state index contributed by atoms with van der Waals surface area (Å²) >= 11 is 11.9. The van der Waals surface area contributed by atoms with Crippen molar-refractivity contribution in [2.75, 3.05) is 10.6 Å². The molecule has 0 fully saturated rings. The Morgan fingerprint density at radius 3 is 2.50 bits per heavy atom. The van der Waals surface area contributed by atoms with E-state index in [1.807, 2.05) is 0 Å². The third-order valence-electron chi connectivity index (χ3n) is 3.77. The fraction of sp³-hybridized carbons (Fsp3) is 0.0500. The molecule has 2 amide bonds. The Bertz CT molecular complexity index is 1030. The van der Waals surface area contributed by atoms with Gasteiger partial charge in [0.05, 0.1) is 17.8 Å². The van der Waals surface area contributed by atoms with Crippen molar-refractivity contribution in [2.45, 2.75) is 6.42 Å². The summed E-state index contributed by atoms with van der Waals surface area (Å²) in [5.74, 6) is -1.47.